The lowest BCUT2D eigenvalue weighted by Gasteiger charge is -2.19. The second kappa shape index (κ2) is 7.10. The monoisotopic (exact) mass is 476 g/mol. The molecule has 1 aromatic carbocycles. The summed E-state index contributed by atoms with van der Waals surface area (Å²) in [7, 11) is 2.78. The minimum absolute atomic E-state index is 0.0492. The Labute approximate surface area is 174 Å². The first-order valence-electron chi connectivity index (χ1n) is 7.62. The zero-order valence-electron chi connectivity index (χ0n) is 14.4. The van der Waals surface area contributed by atoms with Gasteiger partial charge in [-0.05, 0) is 18.2 Å². The highest BCUT2D eigenvalue weighted by atomic mass is 35.5. The maximum absolute atomic E-state index is 13.6. The van der Waals surface area contributed by atoms with E-state index < -0.39 is 34.6 Å². The van der Waals surface area contributed by atoms with Crippen molar-refractivity contribution in [2.24, 2.45) is 0 Å². The van der Waals surface area contributed by atoms with Gasteiger partial charge in [-0.1, -0.05) is 34.8 Å². The van der Waals surface area contributed by atoms with Gasteiger partial charge >= 0.3 is 12.4 Å². The van der Waals surface area contributed by atoms with Crippen molar-refractivity contribution < 1.29 is 26.3 Å². The first kappa shape index (κ1) is 21.8. The lowest BCUT2D eigenvalue weighted by atomic mass is 10.1. The minimum atomic E-state index is -5.11. The van der Waals surface area contributed by atoms with Crippen LogP contribution in [0.3, 0.4) is 0 Å². The summed E-state index contributed by atoms with van der Waals surface area (Å²) in [5.41, 5.74) is -4.08. The number of fused-ring (bicyclic) bond motifs is 1. The van der Waals surface area contributed by atoms with Gasteiger partial charge in [0.15, 0.2) is 5.65 Å². The second-order valence-electron chi connectivity index (χ2n) is 6.10. The molecule has 0 spiro atoms. The van der Waals surface area contributed by atoms with Gasteiger partial charge in [0.05, 0.1) is 21.0 Å². The van der Waals surface area contributed by atoms with Gasteiger partial charge in [0.1, 0.15) is 17.2 Å². The average Bonchev–Trinajstić information content (AvgIpc) is 2.89. The highest BCUT2D eigenvalue weighted by Crippen LogP contribution is 2.43. The van der Waals surface area contributed by atoms with Crippen molar-refractivity contribution in [3.8, 4) is 5.69 Å². The van der Waals surface area contributed by atoms with Crippen molar-refractivity contribution in [1.82, 2.24) is 14.8 Å². The molecular formula is C16H9Cl3F6N4. The summed E-state index contributed by atoms with van der Waals surface area (Å²) < 4.78 is 81.1. The van der Waals surface area contributed by atoms with Crippen molar-refractivity contribution in [3.05, 3.63) is 44.5 Å². The Morgan fingerprint density at radius 3 is 1.90 bits per heavy atom. The van der Waals surface area contributed by atoms with Gasteiger partial charge in [-0.15, -0.1) is 5.10 Å². The number of benzene rings is 1. The minimum Gasteiger partial charge on any atom is -0.362 e. The molecule has 3 aromatic rings. The number of nitrogens with zero attached hydrogens (tertiary/aromatic N) is 4. The summed E-state index contributed by atoms with van der Waals surface area (Å²) in [5.74, 6) is -0.209. The SMILES string of the molecule is CN(C)c1c2c(C(F)(F)F)cc(C(F)(F)F)nc2nn1-c1c(Cl)cc(Cl)cc1Cl. The maximum atomic E-state index is 13.6. The van der Waals surface area contributed by atoms with E-state index in [2.05, 4.69) is 10.1 Å². The average molecular weight is 478 g/mol. The summed E-state index contributed by atoms with van der Waals surface area (Å²) >= 11 is 18.1. The zero-order valence-corrected chi connectivity index (χ0v) is 16.7. The molecule has 0 saturated heterocycles. The van der Waals surface area contributed by atoms with Crippen molar-refractivity contribution >= 4 is 51.7 Å². The van der Waals surface area contributed by atoms with E-state index in [9.17, 15) is 26.3 Å². The molecule has 2 aromatic heterocycles. The van der Waals surface area contributed by atoms with Crippen LogP contribution in [-0.2, 0) is 12.4 Å². The Hall–Kier alpha value is -1.91. The molecule has 2 heterocycles. The summed E-state index contributed by atoms with van der Waals surface area (Å²) in [6, 6.07) is 2.50. The molecule has 0 unspecified atom stereocenters. The van der Waals surface area contributed by atoms with Crippen LogP contribution in [0.25, 0.3) is 16.7 Å². The topological polar surface area (TPSA) is 34.0 Å². The van der Waals surface area contributed by atoms with Crippen LogP contribution in [0.15, 0.2) is 18.2 Å². The molecule has 0 amide bonds. The van der Waals surface area contributed by atoms with E-state index in [0.717, 1.165) is 4.68 Å². The molecule has 0 bridgehead atoms. The molecule has 0 saturated carbocycles. The van der Waals surface area contributed by atoms with E-state index >= 15 is 0 Å². The number of alkyl halides is 6. The lowest BCUT2D eigenvalue weighted by Crippen LogP contribution is -2.17. The van der Waals surface area contributed by atoms with E-state index in [4.69, 9.17) is 34.8 Å². The molecule has 0 atom stereocenters. The number of hydrogen-bond donors (Lipinski definition) is 0. The third-order valence-corrected chi connectivity index (χ3v) is 4.63. The molecule has 0 fully saturated rings. The first-order chi connectivity index (χ1) is 13.2. The summed E-state index contributed by atoms with van der Waals surface area (Å²) in [6.45, 7) is 0. The van der Waals surface area contributed by atoms with Crippen molar-refractivity contribution in [2.75, 3.05) is 19.0 Å². The fourth-order valence-electron chi connectivity index (χ4n) is 2.75. The van der Waals surface area contributed by atoms with Gasteiger partial charge in [0.2, 0.25) is 0 Å². The number of rotatable bonds is 2. The molecule has 29 heavy (non-hydrogen) atoms. The fraction of sp³-hybridized carbons (Fsp3) is 0.250. The normalized spacial score (nSPS) is 12.7. The Morgan fingerprint density at radius 1 is 0.897 bits per heavy atom. The molecule has 3 rings (SSSR count). The first-order valence-corrected chi connectivity index (χ1v) is 8.75. The van der Waals surface area contributed by atoms with Crippen LogP contribution in [0.4, 0.5) is 32.2 Å². The Balaban J connectivity index is 2.51. The molecular weight excluding hydrogens is 469 g/mol. The van der Waals surface area contributed by atoms with Gasteiger partial charge in [0, 0.05) is 19.1 Å². The number of halogens is 9. The fourth-order valence-corrected chi connectivity index (χ4v) is 3.72. The molecule has 0 aliphatic heterocycles. The summed E-state index contributed by atoms with van der Waals surface area (Å²) in [4.78, 5) is 4.53. The van der Waals surface area contributed by atoms with Gasteiger partial charge in [-0.25, -0.2) is 9.67 Å². The predicted octanol–water partition coefficient (Wildman–Crippen LogP) is 6.48. The van der Waals surface area contributed by atoms with Crippen LogP contribution in [-0.4, -0.2) is 28.9 Å². The molecule has 0 N–H and O–H groups in total. The van der Waals surface area contributed by atoms with Crippen LogP contribution in [0, 0.1) is 0 Å². The number of pyridine rings is 1. The maximum Gasteiger partial charge on any atom is 0.433 e. The van der Waals surface area contributed by atoms with Crippen LogP contribution >= 0.6 is 34.8 Å². The second-order valence-corrected chi connectivity index (χ2v) is 7.35. The molecule has 4 nitrogen and oxygen atoms in total. The van der Waals surface area contributed by atoms with Crippen LogP contribution < -0.4 is 4.90 Å². The number of aromatic nitrogens is 3. The van der Waals surface area contributed by atoms with Crippen molar-refractivity contribution in [3.63, 3.8) is 0 Å². The van der Waals surface area contributed by atoms with Gasteiger partial charge in [-0.3, -0.25) is 0 Å². The summed E-state index contributed by atoms with van der Waals surface area (Å²) in [6.07, 6.45) is -10.2. The van der Waals surface area contributed by atoms with Crippen molar-refractivity contribution in [1.29, 1.82) is 0 Å². The van der Waals surface area contributed by atoms with Crippen LogP contribution in [0.2, 0.25) is 15.1 Å². The van der Waals surface area contributed by atoms with Crippen molar-refractivity contribution in [2.45, 2.75) is 12.4 Å². The predicted molar refractivity (Wildman–Crippen MR) is 98.2 cm³/mol. The molecule has 0 aliphatic rings. The number of anilines is 1. The largest absolute Gasteiger partial charge is 0.433 e. The molecule has 13 heteroatoms. The van der Waals surface area contributed by atoms with Crippen LogP contribution in [0.1, 0.15) is 11.3 Å². The lowest BCUT2D eigenvalue weighted by molar-refractivity contribution is -0.144. The smallest absolute Gasteiger partial charge is 0.362 e. The van der Waals surface area contributed by atoms with Gasteiger partial charge < -0.3 is 4.90 Å². The zero-order chi connectivity index (χ0) is 21.9. The van der Waals surface area contributed by atoms with Gasteiger partial charge in [0.25, 0.3) is 0 Å². The standard InChI is InChI=1S/C16H9Cl3F6N4/c1-28(2)14-11-7(15(20,21)22)5-10(16(23,24)25)26-13(11)27-29(14)12-8(18)3-6(17)4-9(12)19/h3-5H,1-2H3. The third kappa shape index (κ3) is 3.93. The molecule has 156 valence electrons. The third-order valence-electron chi connectivity index (χ3n) is 3.83. The number of hydrogen-bond acceptors (Lipinski definition) is 3. The molecule has 0 aliphatic carbocycles. The quantitative estimate of drug-likeness (QED) is 0.396. The van der Waals surface area contributed by atoms with Gasteiger partial charge in [-0.2, -0.15) is 26.3 Å². The Bertz CT molecular complexity index is 1080. The Kier molecular flexibility index (Phi) is 5.34. The van der Waals surface area contributed by atoms with E-state index in [1.807, 2.05) is 0 Å². The van der Waals surface area contributed by atoms with E-state index in [1.54, 1.807) is 0 Å². The highest BCUT2D eigenvalue weighted by molar-refractivity contribution is 6.40. The molecule has 0 radical (unpaired) electrons. The van der Waals surface area contributed by atoms with Crippen LogP contribution in [0.5, 0.6) is 0 Å². The van der Waals surface area contributed by atoms with E-state index in [1.165, 1.54) is 31.1 Å². The highest BCUT2D eigenvalue weighted by Gasteiger charge is 2.41. The summed E-state index contributed by atoms with van der Waals surface area (Å²) in [5, 5.41) is 3.25. The Morgan fingerprint density at radius 2 is 1.45 bits per heavy atom. The van der Waals surface area contributed by atoms with E-state index in [-0.39, 0.29) is 32.6 Å². The van der Waals surface area contributed by atoms with E-state index in [0.29, 0.717) is 0 Å².